The van der Waals surface area contributed by atoms with E-state index in [9.17, 15) is 4.39 Å². The maximum Gasteiger partial charge on any atom is 0.134 e. The molecule has 0 spiro atoms. The van der Waals surface area contributed by atoms with E-state index in [0.717, 1.165) is 47.8 Å². The zero-order chi connectivity index (χ0) is 16.5. The van der Waals surface area contributed by atoms with E-state index >= 15 is 0 Å². The van der Waals surface area contributed by atoms with Crippen molar-refractivity contribution in [3.8, 4) is 6.07 Å². The average molecular weight is 324 g/mol. The van der Waals surface area contributed by atoms with Crippen LogP contribution in [0.2, 0.25) is 0 Å². The van der Waals surface area contributed by atoms with Crippen LogP contribution < -0.4 is 21.2 Å². The second-order valence-electron chi connectivity index (χ2n) is 6.84. The number of hydrogen-bond donors (Lipinski definition) is 2. The molecule has 0 aromatic heterocycles. The van der Waals surface area contributed by atoms with E-state index in [1.54, 1.807) is 0 Å². The second kappa shape index (κ2) is 6.37. The standard InChI is InChI=1S/C19H21FN4/c20-17-2-1-12(7-14(17)10-21)13-8-15-11-23-19(15)18(9-13)24-16-3-5-22-6-4-16/h1-2,8-9,11-12,14,16-17,22,24H,3-7H2. The van der Waals surface area contributed by atoms with E-state index in [0.29, 0.717) is 12.5 Å². The van der Waals surface area contributed by atoms with Gasteiger partial charge in [-0.05, 0) is 50.0 Å². The zero-order valence-electron chi connectivity index (χ0n) is 13.5. The smallest absolute Gasteiger partial charge is 0.134 e. The number of nitrogens with one attached hydrogen (secondary N) is 2. The van der Waals surface area contributed by atoms with Gasteiger partial charge in [-0.3, -0.25) is 4.99 Å². The Bertz CT molecular complexity index is 817. The molecule has 5 heteroatoms. The van der Waals surface area contributed by atoms with Crippen molar-refractivity contribution < 1.29 is 4.39 Å². The van der Waals surface area contributed by atoms with Crippen LogP contribution in [0, 0.1) is 17.2 Å². The Morgan fingerprint density at radius 1 is 1.25 bits per heavy atom. The van der Waals surface area contributed by atoms with Gasteiger partial charge in [0.15, 0.2) is 0 Å². The molecule has 1 aromatic carbocycles. The number of nitriles is 1. The molecule has 0 radical (unpaired) electrons. The van der Waals surface area contributed by atoms with Gasteiger partial charge in [-0.25, -0.2) is 4.39 Å². The fraction of sp³-hybridized carbons (Fsp3) is 0.474. The molecule has 4 rings (SSSR count). The number of hydrogen-bond acceptors (Lipinski definition) is 4. The Kier molecular flexibility index (Phi) is 4.07. The van der Waals surface area contributed by atoms with Crippen LogP contribution in [0.1, 0.15) is 30.7 Å². The van der Waals surface area contributed by atoms with Crippen LogP contribution in [0.5, 0.6) is 0 Å². The first-order chi connectivity index (χ1) is 11.7. The molecule has 0 saturated carbocycles. The first-order valence-electron chi connectivity index (χ1n) is 8.66. The maximum absolute atomic E-state index is 13.7. The number of nitrogens with zero attached hydrogens (tertiary/aromatic N) is 2. The zero-order valence-corrected chi connectivity index (χ0v) is 13.5. The summed E-state index contributed by atoms with van der Waals surface area (Å²) in [6, 6.07) is 6.82. The van der Waals surface area contributed by atoms with Gasteiger partial charge in [-0.2, -0.15) is 5.26 Å². The summed E-state index contributed by atoms with van der Waals surface area (Å²) in [6.45, 7) is 2.08. The number of rotatable bonds is 3. The third-order valence-electron chi connectivity index (χ3n) is 5.21. The summed E-state index contributed by atoms with van der Waals surface area (Å²) >= 11 is 0. The van der Waals surface area contributed by atoms with Gasteiger partial charge in [-0.15, -0.1) is 0 Å². The van der Waals surface area contributed by atoms with Gasteiger partial charge in [-0.1, -0.05) is 12.2 Å². The Hall–Kier alpha value is -2.19. The predicted molar refractivity (Wildman–Crippen MR) is 91.7 cm³/mol. The van der Waals surface area contributed by atoms with E-state index in [2.05, 4.69) is 33.8 Å². The molecule has 3 atom stereocenters. The highest BCUT2D eigenvalue weighted by Gasteiger charge is 2.27. The third kappa shape index (κ3) is 2.83. The topological polar surface area (TPSA) is 60.2 Å². The van der Waals surface area contributed by atoms with Crippen molar-refractivity contribution in [1.29, 1.82) is 5.26 Å². The summed E-state index contributed by atoms with van der Waals surface area (Å²) < 4.78 is 13.7. The summed E-state index contributed by atoms with van der Waals surface area (Å²) in [5.41, 5.74) is 2.21. The molecular weight excluding hydrogens is 303 g/mol. The third-order valence-corrected chi connectivity index (χ3v) is 5.21. The van der Waals surface area contributed by atoms with Crippen LogP contribution in [-0.2, 0) is 0 Å². The van der Waals surface area contributed by atoms with Crippen LogP contribution in [0.4, 0.5) is 10.1 Å². The van der Waals surface area contributed by atoms with Crippen molar-refractivity contribution in [3.05, 3.63) is 40.4 Å². The maximum atomic E-state index is 13.7. The fourth-order valence-corrected chi connectivity index (χ4v) is 3.73. The van der Waals surface area contributed by atoms with Crippen molar-refractivity contribution in [3.63, 3.8) is 0 Å². The van der Waals surface area contributed by atoms with Crippen LogP contribution in [0.25, 0.3) is 6.20 Å². The summed E-state index contributed by atoms with van der Waals surface area (Å²) in [7, 11) is 0. The highest BCUT2D eigenvalue weighted by atomic mass is 19.1. The Balaban J connectivity index is 1.61. The summed E-state index contributed by atoms with van der Waals surface area (Å²) in [4.78, 5) is 4.39. The molecule has 4 nitrogen and oxygen atoms in total. The normalized spacial score (nSPS) is 28.8. The SMILES string of the molecule is N#CC1CC(c2cc(NC3CCNCC3)c3c(c2)=CN=3)C=CC1F. The lowest BCUT2D eigenvalue weighted by Gasteiger charge is -2.27. The van der Waals surface area contributed by atoms with Crippen molar-refractivity contribution in [2.75, 3.05) is 18.4 Å². The van der Waals surface area contributed by atoms with Gasteiger partial charge in [0.05, 0.1) is 23.0 Å². The molecule has 3 unspecified atom stereocenters. The number of benzene rings is 1. The number of anilines is 1. The van der Waals surface area contributed by atoms with Crippen LogP contribution in [-0.4, -0.2) is 25.3 Å². The highest BCUT2D eigenvalue weighted by Crippen LogP contribution is 2.33. The first-order valence-corrected chi connectivity index (χ1v) is 8.66. The number of halogens is 1. The van der Waals surface area contributed by atoms with Gasteiger partial charge >= 0.3 is 0 Å². The van der Waals surface area contributed by atoms with E-state index in [1.807, 2.05) is 12.3 Å². The minimum atomic E-state index is -1.15. The molecular formula is C19H21FN4. The minimum Gasteiger partial charge on any atom is -0.380 e. The average Bonchev–Trinajstić information content (AvgIpc) is 2.58. The van der Waals surface area contributed by atoms with Crippen molar-refractivity contribution in [1.82, 2.24) is 5.32 Å². The second-order valence-corrected chi connectivity index (χ2v) is 6.84. The van der Waals surface area contributed by atoms with Crippen molar-refractivity contribution in [2.24, 2.45) is 10.9 Å². The predicted octanol–water partition coefficient (Wildman–Crippen LogP) is 1.74. The van der Waals surface area contributed by atoms with Gasteiger partial charge in [0.25, 0.3) is 0 Å². The minimum absolute atomic E-state index is 0.0922. The molecule has 124 valence electrons. The molecule has 1 fully saturated rings. The summed E-state index contributed by atoms with van der Waals surface area (Å²) in [5.74, 6) is -0.463. The van der Waals surface area contributed by atoms with Gasteiger partial charge < -0.3 is 10.6 Å². The van der Waals surface area contributed by atoms with Gasteiger partial charge in [0.1, 0.15) is 6.17 Å². The molecule has 0 amide bonds. The number of allylic oxidation sites excluding steroid dienone is 2. The lowest BCUT2D eigenvalue weighted by Crippen LogP contribution is -2.40. The molecule has 2 heterocycles. The quantitative estimate of drug-likeness (QED) is 0.833. The van der Waals surface area contributed by atoms with E-state index in [1.165, 1.54) is 6.08 Å². The van der Waals surface area contributed by atoms with Gasteiger partial charge in [0.2, 0.25) is 0 Å². The largest absolute Gasteiger partial charge is 0.380 e. The molecule has 1 aromatic rings. The summed E-state index contributed by atoms with van der Waals surface area (Å²) in [6.07, 6.45) is 6.92. The first kappa shape index (κ1) is 15.3. The van der Waals surface area contributed by atoms with Crippen LogP contribution in [0.15, 0.2) is 29.3 Å². The summed E-state index contributed by atoms with van der Waals surface area (Å²) in [5, 5.41) is 18.3. The molecule has 1 saturated heterocycles. The monoisotopic (exact) mass is 324 g/mol. The molecule has 3 aliphatic rings. The lowest BCUT2D eigenvalue weighted by molar-refractivity contribution is 0.296. The molecule has 1 aliphatic carbocycles. The van der Waals surface area contributed by atoms with E-state index < -0.39 is 12.1 Å². The number of fused-ring (bicyclic) bond motifs is 1. The molecule has 24 heavy (non-hydrogen) atoms. The lowest BCUT2D eigenvalue weighted by atomic mass is 9.82. The fourth-order valence-electron chi connectivity index (χ4n) is 3.73. The molecule has 2 N–H and O–H groups in total. The van der Waals surface area contributed by atoms with Crippen molar-refractivity contribution in [2.45, 2.75) is 37.4 Å². The Morgan fingerprint density at radius 2 is 2.08 bits per heavy atom. The number of alkyl halides is 1. The molecule has 0 bridgehead atoms. The van der Waals surface area contributed by atoms with E-state index in [4.69, 9.17) is 5.26 Å². The van der Waals surface area contributed by atoms with E-state index in [-0.39, 0.29) is 5.92 Å². The molecule has 2 aliphatic heterocycles. The van der Waals surface area contributed by atoms with Crippen LogP contribution >= 0.6 is 0 Å². The highest BCUT2D eigenvalue weighted by molar-refractivity contribution is 5.53. The van der Waals surface area contributed by atoms with Crippen LogP contribution in [0.3, 0.4) is 0 Å². The Labute approximate surface area is 140 Å². The van der Waals surface area contributed by atoms with Crippen molar-refractivity contribution >= 4 is 11.9 Å². The number of piperidine rings is 1. The van der Waals surface area contributed by atoms with Gasteiger partial charge in [0, 0.05) is 23.4 Å². The Morgan fingerprint density at radius 3 is 2.79 bits per heavy atom.